The van der Waals surface area contributed by atoms with Crippen LogP contribution >= 0.6 is 11.8 Å². The van der Waals surface area contributed by atoms with Crippen molar-refractivity contribution in [2.24, 2.45) is 16.6 Å². The molecular weight excluding hydrogens is 509 g/mol. The second-order valence-electron chi connectivity index (χ2n) is 8.91. The Morgan fingerprint density at radius 2 is 2.08 bits per heavy atom. The maximum absolute atomic E-state index is 15.0. The van der Waals surface area contributed by atoms with Crippen molar-refractivity contribution in [3.8, 4) is 5.88 Å². The highest BCUT2D eigenvalue weighted by molar-refractivity contribution is 8.15. The molecule has 3 N–H and O–H groups in total. The van der Waals surface area contributed by atoms with E-state index in [0.29, 0.717) is 11.6 Å². The van der Waals surface area contributed by atoms with Crippen molar-refractivity contribution in [3.05, 3.63) is 65.5 Å². The highest BCUT2D eigenvalue weighted by Gasteiger charge is 2.54. The molecule has 1 aliphatic heterocycles. The molecule has 0 fully saturated rings. The summed E-state index contributed by atoms with van der Waals surface area (Å²) in [7, 11) is 0. The summed E-state index contributed by atoms with van der Waals surface area (Å²) in [6.07, 6.45) is 1.45. The van der Waals surface area contributed by atoms with Gasteiger partial charge in [-0.25, -0.2) is 28.1 Å². The molecule has 1 amide bonds. The molecule has 0 spiro atoms. The van der Waals surface area contributed by atoms with Crippen molar-refractivity contribution in [1.82, 2.24) is 15.0 Å². The quantitative estimate of drug-likeness (QED) is 0.447. The molecule has 1 aromatic carbocycles. The summed E-state index contributed by atoms with van der Waals surface area (Å²) >= 11 is 0.777. The monoisotopic (exact) mass is 534 g/mol. The number of amidine groups is 1. The first-order chi connectivity index (χ1) is 17.4. The lowest BCUT2D eigenvalue weighted by Gasteiger charge is -2.46. The van der Waals surface area contributed by atoms with E-state index < -0.39 is 34.4 Å². The van der Waals surface area contributed by atoms with Crippen LogP contribution in [0, 0.1) is 18.7 Å². The van der Waals surface area contributed by atoms with Crippen LogP contribution in [-0.2, 0) is 12.1 Å². The number of benzene rings is 1. The number of nitrogens with zero attached hydrogens (tertiary/aromatic N) is 4. The predicted molar refractivity (Wildman–Crippen MR) is 132 cm³/mol. The van der Waals surface area contributed by atoms with E-state index in [4.69, 9.17) is 14.9 Å². The number of hydrogen-bond acceptors (Lipinski definition) is 9. The number of halogens is 3. The summed E-state index contributed by atoms with van der Waals surface area (Å²) in [5, 5.41) is 2.60. The van der Waals surface area contributed by atoms with E-state index in [1.807, 2.05) is 0 Å². The number of alkyl halides is 2. The SMILES string of the molecule is Cc1nc(OCc2ncco2)cnc1C(=O)Nc1ccc(F)c([C@@]2(C)N=C(N)S[C@](C)(C(F)F)[C@H]2C)c1. The summed E-state index contributed by atoms with van der Waals surface area (Å²) in [5.74, 6) is -1.52. The number of aromatic nitrogens is 3. The molecule has 4 rings (SSSR count). The summed E-state index contributed by atoms with van der Waals surface area (Å²) in [6.45, 7) is 6.15. The Kier molecular flexibility index (Phi) is 7.18. The second-order valence-corrected chi connectivity index (χ2v) is 10.4. The van der Waals surface area contributed by atoms with Gasteiger partial charge in [0, 0.05) is 17.2 Å². The number of thioether (sulfide) groups is 1. The zero-order valence-electron chi connectivity index (χ0n) is 20.5. The number of carbonyl (C=O) groups is 1. The van der Waals surface area contributed by atoms with Crippen LogP contribution in [0.4, 0.5) is 18.9 Å². The Hall–Kier alpha value is -3.61. The van der Waals surface area contributed by atoms with Gasteiger partial charge in [-0.3, -0.25) is 9.79 Å². The van der Waals surface area contributed by atoms with Gasteiger partial charge in [0.1, 0.15) is 17.8 Å². The molecule has 1 aliphatic rings. The number of oxazole rings is 1. The topological polar surface area (TPSA) is 129 Å². The fraction of sp³-hybridized carbons (Fsp3) is 0.375. The number of rotatable bonds is 7. The Morgan fingerprint density at radius 1 is 1.32 bits per heavy atom. The van der Waals surface area contributed by atoms with Gasteiger partial charge in [0.2, 0.25) is 11.8 Å². The molecule has 0 saturated heterocycles. The molecule has 0 unspecified atom stereocenters. The number of aryl methyl sites for hydroxylation is 1. The first kappa shape index (κ1) is 26.5. The molecule has 3 atom stereocenters. The zero-order chi connectivity index (χ0) is 27.0. The molecule has 13 heteroatoms. The molecule has 2 aromatic heterocycles. The van der Waals surface area contributed by atoms with Crippen LogP contribution in [0.5, 0.6) is 5.88 Å². The van der Waals surface area contributed by atoms with Gasteiger partial charge in [-0.05, 0) is 39.0 Å². The first-order valence-electron chi connectivity index (χ1n) is 11.2. The zero-order valence-corrected chi connectivity index (χ0v) is 21.3. The van der Waals surface area contributed by atoms with Crippen molar-refractivity contribution < 1.29 is 27.1 Å². The molecule has 0 bridgehead atoms. The highest BCUT2D eigenvalue weighted by atomic mass is 32.2. The van der Waals surface area contributed by atoms with Gasteiger partial charge >= 0.3 is 0 Å². The normalized spacial score (nSPS) is 23.6. The van der Waals surface area contributed by atoms with Crippen LogP contribution in [0.2, 0.25) is 0 Å². The number of hydrogen-bond donors (Lipinski definition) is 2. The molecular formula is C24H25F3N6O3S. The van der Waals surface area contributed by atoms with Crippen LogP contribution in [0.25, 0.3) is 0 Å². The Labute approximate surface area is 215 Å². The number of nitrogens with one attached hydrogen (secondary N) is 1. The molecule has 196 valence electrons. The number of nitrogens with two attached hydrogens (primary N) is 1. The Morgan fingerprint density at radius 3 is 2.73 bits per heavy atom. The molecule has 0 saturated carbocycles. The fourth-order valence-electron chi connectivity index (χ4n) is 4.14. The van der Waals surface area contributed by atoms with Crippen molar-refractivity contribution in [1.29, 1.82) is 0 Å². The van der Waals surface area contributed by atoms with Crippen LogP contribution in [0.3, 0.4) is 0 Å². The van der Waals surface area contributed by atoms with Crippen molar-refractivity contribution in [2.45, 2.75) is 51.0 Å². The third kappa shape index (κ3) is 5.13. The largest absolute Gasteiger partial charge is 0.467 e. The van der Waals surface area contributed by atoms with Gasteiger partial charge in [-0.1, -0.05) is 18.7 Å². The summed E-state index contributed by atoms with van der Waals surface area (Å²) in [6, 6.07) is 3.88. The van der Waals surface area contributed by atoms with Gasteiger partial charge in [0.15, 0.2) is 11.8 Å². The third-order valence-corrected chi connectivity index (χ3v) is 7.81. The van der Waals surface area contributed by atoms with Crippen molar-refractivity contribution in [2.75, 3.05) is 5.32 Å². The van der Waals surface area contributed by atoms with E-state index in [2.05, 4.69) is 25.3 Å². The van der Waals surface area contributed by atoms with E-state index in [1.54, 1.807) is 20.8 Å². The lowest BCUT2D eigenvalue weighted by Crippen LogP contribution is -2.52. The minimum atomic E-state index is -2.73. The molecule has 0 radical (unpaired) electrons. The second kappa shape index (κ2) is 10.0. The standard InChI is InChI=1S/C24H25F3N6O3S/c1-12-19(30-10-17(31-12)36-11-18-29-7-8-35-18)20(34)32-14-5-6-16(25)15(9-14)23(3)13(2)24(4,21(26)27)37-22(28)33-23/h5-10,13,21H,11H2,1-4H3,(H2,28,33)(H,32,34)/t13-,23-,24-/m0/s1. The minimum absolute atomic E-state index is 0.0236. The van der Waals surface area contributed by atoms with E-state index in [0.717, 1.165) is 17.8 Å². The van der Waals surface area contributed by atoms with E-state index in [-0.39, 0.29) is 34.6 Å². The van der Waals surface area contributed by atoms with Gasteiger partial charge < -0.3 is 20.2 Å². The van der Waals surface area contributed by atoms with E-state index in [1.165, 1.54) is 37.7 Å². The summed E-state index contributed by atoms with van der Waals surface area (Å²) in [5.41, 5.74) is 5.08. The number of aliphatic imine (C=N–C) groups is 1. The van der Waals surface area contributed by atoms with Gasteiger partial charge in [-0.15, -0.1) is 0 Å². The average Bonchev–Trinajstić information content (AvgIpc) is 3.36. The average molecular weight is 535 g/mol. The number of anilines is 1. The van der Waals surface area contributed by atoms with Gasteiger partial charge in [-0.2, -0.15) is 0 Å². The lowest BCUT2D eigenvalue weighted by atomic mass is 9.74. The van der Waals surface area contributed by atoms with Gasteiger partial charge in [0.25, 0.3) is 12.3 Å². The Balaban J connectivity index is 1.57. The number of amides is 1. The highest BCUT2D eigenvalue weighted by Crippen LogP contribution is 2.52. The number of carbonyl (C=O) groups excluding carboxylic acids is 1. The van der Waals surface area contributed by atoms with Crippen molar-refractivity contribution >= 4 is 28.5 Å². The molecule has 37 heavy (non-hydrogen) atoms. The minimum Gasteiger partial charge on any atom is -0.467 e. The van der Waals surface area contributed by atoms with Crippen LogP contribution in [-0.4, -0.2) is 37.2 Å². The van der Waals surface area contributed by atoms with Crippen molar-refractivity contribution in [3.63, 3.8) is 0 Å². The van der Waals surface area contributed by atoms with Crippen LogP contribution in [0.15, 0.2) is 46.3 Å². The van der Waals surface area contributed by atoms with E-state index >= 15 is 4.39 Å². The Bertz CT molecular complexity index is 1340. The maximum Gasteiger partial charge on any atom is 0.276 e. The third-order valence-electron chi connectivity index (χ3n) is 6.54. The molecule has 3 heterocycles. The van der Waals surface area contributed by atoms with Gasteiger partial charge in [0.05, 0.1) is 28.4 Å². The smallest absolute Gasteiger partial charge is 0.276 e. The molecule has 3 aromatic rings. The summed E-state index contributed by atoms with van der Waals surface area (Å²) < 4.78 is 52.0. The van der Waals surface area contributed by atoms with E-state index in [9.17, 15) is 13.6 Å². The maximum atomic E-state index is 15.0. The first-order valence-corrected chi connectivity index (χ1v) is 12.0. The molecule has 0 aliphatic carbocycles. The van der Waals surface area contributed by atoms with Crippen LogP contribution in [0.1, 0.15) is 48.4 Å². The number of ether oxygens (including phenoxy) is 1. The molecule has 9 nitrogen and oxygen atoms in total. The summed E-state index contributed by atoms with van der Waals surface area (Å²) in [4.78, 5) is 29.6. The lowest BCUT2D eigenvalue weighted by molar-refractivity contribution is 0.0573. The van der Waals surface area contributed by atoms with Crippen LogP contribution < -0.4 is 15.8 Å². The fourth-order valence-corrected chi connectivity index (χ4v) is 5.32. The predicted octanol–water partition coefficient (Wildman–Crippen LogP) is 4.68.